The van der Waals surface area contributed by atoms with Gasteiger partial charge < -0.3 is 4.74 Å². The molecule has 0 radical (unpaired) electrons. The summed E-state index contributed by atoms with van der Waals surface area (Å²) in [6.07, 6.45) is 11.1. The highest BCUT2D eigenvalue weighted by atomic mass is 19.2. The van der Waals surface area contributed by atoms with Gasteiger partial charge in [0.25, 0.3) is 0 Å². The van der Waals surface area contributed by atoms with Gasteiger partial charge in [-0.2, -0.15) is 0 Å². The minimum Gasteiger partial charge on any atom is -0.461 e. The monoisotopic (exact) mass is 468 g/mol. The summed E-state index contributed by atoms with van der Waals surface area (Å²) in [6.45, 7) is 2.54. The zero-order valence-electron chi connectivity index (χ0n) is 20.4. The lowest BCUT2D eigenvalue weighted by atomic mass is 9.63. The molecule has 3 unspecified atom stereocenters. The summed E-state index contributed by atoms with van der Waals surface area (Å²) in [5.74, 6) is 0.543. The first kappa shape index (κ1) is 24.9. The molecule has 0 bridgehead atoms. The molecule has 34 heavy (non-hydrogen) atoms. The molecule has 0 saturated heterocycles. The largest absolute Gasteiger partial charge is 0.461 e. The van der Waals surface area contributed by atoms with Crippen molar-refractivity contribution in [3.8, 4) is 0 Å². The van der Waals surface area contributed by atoms with Crippen LogP contribution in [0.4, 0.5) is 8.78 Å². The van der Waals surface area contributed by atoms with E-state index >= 15 is 0 Å². The molecule has 0 spiro atoms. The Bertz CT molecular complexity index is 921. The number of esters is 1. The maximum absolute atomic E-state index is 14.0. The van der Waals surface area contributed by atoms with Gasteiger partial charge in [0, 0.05) is 6.42 Å². The lowest BCUT2D eigenvalue weighted by Crippen LogP contribution is -2.31. The highest BCUT2D eigenvalue weighted by Gasteiger charge is 2.37. The molecular formula is C30H38F2O2. The highest BCUT2D eigenvalue weighted by Crippen LogP contribution is 2.48. The fourth-order valence-corrected chi connectivity index (χ4v) is 6.50. The number of carbonyl (C=O) groups excluding carboxylic acids is 1. The van der Waals surface area contributed by atoms with Gasteiger partial charge in [-0.25, -0.2) is 8.78 Å². The predicted octanol–water partition coefficient (Wildman–Crippen LogP) is 8.20. The molecule has 184 valence electrons. The van der Waals surface area contributed by atoms with Crippen LogP contribution in [-0.4, -0.2) is 5.97 Å². The summed E-state index contributed by atoms with van der Waals surface area (Å²) in [4.78, 5) is 12.8. The molecule has 2 aromatic rings. The van der Waals surface area contributed by atoms with E-state index < -0.39 is 11.6 Å². The topological polar surface area (TPSA) is 26.3 Å². The molecule has 0 aliphatic heterocycles. The van der Waals surface area contributed by atoms with E-state index in [2.05, 4.69) is 6.92 Å². The first-order valence-electron chi connectivity index (χ1n) is 13.2. The molecule has 0 amide bonds. The molecule has 0 heterocycles. The van der Waals surface area contributed by atoms with Crippen LogP contribution in [0.25, 0.3) is 0 Å². The van der Waals surface area contributed by atoms with Crippen molar-refractivity contribution in [2.24, 2.45) is 23.7 Å². The third-order valence-electron chi connectivity index (χ3n) is 8.32. The van der Waals surface area contributed by atoms with Gasteiger partial charge in [-0.3, -0.25) is 4.79 Å². The Labute approximate surface area is 203 Å². The first-order valence-corrected chi connectivity index (χ1v) is 13.2. The molecule has 2 aliphatic carbocycles. The molecular weight excluding hydrogens is 430 g/mol. The lowest BCUT2D eigenvalue weighted by molar-refractivity contribution is -0.146. The average molecular weight is 469 g/mol. The first-order chi connectivity index (χ1) is 16.5. The fraction of sp³-hybridized carbons (Fsp3) is 0.567. The molecule has 4 heteroatoms. The maximum atomic E-state index is 14.0. The predicted molar refractivity (Wildman–Crippen MR) is 131 cm³/mol. The van der Waals surface area contributed by atoms with Crippen LogP contribution in [0.5, 0.6) is 0 Å². The summed E-state index contributed by atoms with van der Waals surface area (Å²) < 4.78 is 33.2. The number of carbonyl (C=O) groups is 1. The molecule has 2 aromatic carbocycles. The van der Waals surface area contributed by atoms with Gasteiger partial charge in [0.05, 0.1) is 0 Å². The molecule has 2 fully saturated rings. The van der Waals surface area contributed by atoms with Crippen LogP contribution in [0.2, 0.25) is 0 Å². The standard InChI is InChI=1S/C30H38F2O2/c1-2-6-21-9-11-23(12-10-21)24-13-15-27(25-14-16-28(31)29(32)18-25)26(17-24)19-30(33)34-20-22-7-4-3-5-8-22/h3-5,7-8,14,16,18,21,23-24,26-27H,2,6,9-13,15,17,19-20H2,1H3. The Balaban J connectivity index is 1.43. The van der Waals surface area contributed by atoms with Gasteiger partial charge in [0.2, 0.25) is 0 Å². The molecule has 0 aromatic heterocycles. The lowest BCUT2D eigenvalue weighted by Gasteiger charge is -2.42. The van der Waals surface area contributed by atoms with Crippen molar-refractivity contribution in [2.75, 3.05) is 0 Å². The van der Waals surface area contributed by atoms with E-state index in [0.717, 1.165) is 42.2 Å². The number of ether oxygens (including phenoxy) is 1. The van der Waals surface area contributed by atoms with Crippen molar-refractivity contribution in [1.82, 2.24) is 0 Å². The zero-order valence-corrected chi connectivity index (χ0v) is 20.4. The Kier molecular flexibility index (Phi) is 8.74. The minimum atomic E-state index is -0.819. The summed E-state index contributed by atoms with van der Waals surface area (Å²) in [6, 6.07) is 13.9. The average Bonchev–Trinajstić information content (AvgIpc) is 2.86. The van der Waals surface area contributed by atoms with Gasteiger partial charge >= 0.3 is 5.97 Å². The van der Waals surface area contributed by atoms with Gasteiger partial charge in [-0.15, -0.1) is 0 Å². The maximum Gasteiger partial charge on any atom is 0.306 e. The van der Waals surface area contributed by atoms with E-state index in [1.54, 1.807) is 6.07 Å². The Morgan fingerprint density at radius 1 is 0.912 bits per heavy atom. The van der Waals surface area contributed by atoms with Crippen molar-refractivity contribution in [3.05, 3.63) is 71.3 Å². The molecule has 2 saturated carbocycles. The van der Waals surface area contributed by atoms with Crippen LogP contribution < -0.4 is 0 Å². The number of benzene rings is 2. The number of hydrogen-bond acceptors (Lipinski definition) is 2. The zero-order chi connectivity index (χ0) is 23.9. The second kappa shape index (κ2) is 12.0. The van der Waals surface area contributed by atoms with Crippen LogP contribution >= 0.6 is 0 Å². The smallest absolute Gasteiger partial charge is 0.306 e. The van der Waals surface area contributed by atoms with Crippen molar-refractivity contribution < 1.29 is 18.3 Å². The van der Waals surface area contributed by atoms with Crippen molar-refractivity contribution >= 4 is 5.97 Å². The van der Waals surface area contributed by atoms with Crippen LogP contribution in [0, 0.1) is 35.3 Å². The molecule has 2 nitrogen and oxygen atoms in total. The number of rotatable bonds is 8. The fourth-order valence-electron chi connectivity index (χ4n) is 6.50. The van der Waals surface area contributed by atoms with Crippen LogP contribution in [0.15, 0.2) is 48.5 Å². The number of hydrogen-bond donors (Lipinski definition) is 0. The van der Waals surface area contributed by atoms with E-state index in [-0.39, 0.29) is 24.4 Å². The molecule has 4 rings (SSSR count). The second-order valence-corrected chi connectivity index (χ2v) is 10.5. The molecule has 2 aliphatic rings. The summed E-state index contributed by atoms with van der Waals surface area (Å²) in [7, 11) is 0. The van der Waals surface area contributed by atoms with E-state index in [1.807, 2.05) is 30.3 Å². The summed E-state index contributed by atoms with van der Waals surface area (Å²) in [5.41, 5.74) is 1.78. The third kappa shape index (κ3) is 6.46. The third-order valence-corrected chi connectivity index (χ3v) is 8.32. The van der Waals surface area contributed by atoms with Gasteiger partial charge in [-0.05, 0) is 85.0 Å². The quantitative estimate of drug-likeness (QED) is 0.365. The van der Waals surface area contributed by atoms with E-state index in [9.17, 15) is 13.6 Å². The van der Waals surface area contributed by atoms with Gasteiger partial charge in [-0.1, -0.05) is 69.0 Å². The normalized spacial score (nSPS) is 27.3. The van der Waals surface area contributed by atoms with Crippen molar-refractivity contribution in [2.45, 2.75) is 83.7 Å². The van der Waals surface area contributed by atoms with E-state index in [0.29, 0.717) is 12.3 Å². The Morgan fingerprint density at radius 3 is 2.35 bits per heavy atom. The van der Waals surface area contributed by atoms with Crippen molar-refractivity contribution in [1.29, 1.82) is 0 Å². The summed E-state index contributed by atoms with van der Waals surface area (Å²) in [5, 5.41) is 0. The highest BCUT2D eigenvalue weighted by molar-refractivity contribution is 5.70. The van der Waals surface area contributed by atoms with Gasteiger partial charge in [0.15, 0.2) is 11.6 Å². The molecule has 0 N–H and O–H groups in total. The Morgan fingerprint density at radius 2 is 1.65 bits per heavy atom. The van der Waals surface area contributed by atoms with E-state index in [4.69, 9.17) is 4.74 Å². The van der Waals surface area contributed by atoms with E-state index in [1.165, 1.54) is 50.7 Å². The van der Waals surface area contributed by atoms with Crippen LogP contribution in [0.1, 0.15) is 88.2 Å². The molecule has 3 atom stereocenters. The minimum absolute atomic E-state index is 0.0621. The second-order valence-electron chi connectivity index (χ2n) is 10.5. The summed E-state index contributed by atoms with van der Waals surface area (Å²) >= 11 is 0. The van der Waals surface area contributed by atoms with Crippen molar-refractivity contribution in [3.63, 3.8) is 0 Å². The van der Waals surface area contributed by atoms with Crippen LogP contribution in [-0.2, 0) is 16.1 Å². The Hall–Kier alpha value is -2.23. The van der Waals surface area contributed by atoms with Gasteiger partial charge in [0.1, 0.15) is 6.61 Å². The van der Waals surface area contributed by atoms with Crippen LogP contribution in [0.3, 0.4) is 0 Å². The SMILES string of the molecule is CCCC1CCC(C2CCC(c3ccc(F)c(F)c3)C(CC(=O)OCc3ccccc3)C2)CC1. The number of halogens is 2.